The van der Waals surface area contributed by atoms with E-state index in [0.717, 1.165) is 0 Å². The number of hydrogen-bond donors (Lipinski definition) is 1. The Morgan fingerprint density at radius 2 is 1.92 bits per heavy atom. The summed E-state index contributed by atoms with van der Waals surface area (Å²) in [4.78, 5) is 15.7. The first-order valence-electron chi connectivity index (χ1n) is 16.0. The normalized spacial score (nSPS) is 26.3. The zero-order valence-electron chi connectivity index (χ0n) is 27.2. The second kappa shape index (κ2) is 13.4. The van der Waals surface area contributed by atoms with Gasteiger partial charge in [0.2, 0.25) is 0 Å². The molecule has 1 N–H and O–H groups in total. The third-order valence-electron chi connectivity index (χ3n) is 9.65. The lowest BCUT2D eigenvalue weighted by molar-refractivity contribution is -0.0514. The highest BCUT2D eigenvalue weighted by Crippen LogP contribution is 2.48. The molecule has 0 spiro atoms. The Bertz CT molecular complexity index is 2040. The molecule has 7 rings (SSSR count). The van der Waals surface area contributed by atoms with Gasteiger partial charge in [-0.1, -0.05) is 24.6 Å². The van der Waals surface area contributed by atoms with Crippen molar-refractivity contribution in [1.82, 2.24) is 33.3 Å². The lowest BCUT2D eigenvalue weighted by Crippen LogP contribution is -2.59. The second-order valence-corrected chi connectivity index (χ2v) is 16.8. The van der Waals surface area contributed by atoms with Crippen molar-refractivity contribution in [2.24, 2.45) is 4.99 Å². The third kappa shape index (κ3) is 6.09. The smallest absolute Gasteiger partial charge is 0.333 e. The zero-order valence-corrected chi connectivity index (χ0v) is 30.4. The van der Waals surface area contributed by atoms with Crippen molar-refractivity contribution < 1.29 is 26.7 Å². The molecule has 2 saturated heterocycles. The van der Waals surface area contributed by atoms with E-state index < -0.39 is 52.3 Å². The van der Waals surface area contributed by atoms with Crippen LogP contribution in [0.2, 0.25) is 5.02 Å². The van der Waals surface area contributed by atoms with Crippen molar-refractivity contribution in [3.8, 4) is 0 Å². The molecule has 0 radical (unpaired) electrons. The summed E-state index contributed by atoms with van der Waals surface area (Å²) in [5.41, 5.74) is 0.475. The minimum Gasteiger partial charge on any atom is -0.383 e. The number of benzene rings is 1. The highest BCUT2D eigenvalue weighted by Gasteiger charge is 2.51. The third-order valence-corrected chi connectivity index (χ3v) is 13.9. The molecule has 0 saturated carbocycles. The van der Waals surface area contributed by atoms with Gasteiger partial charge in [-0.05, 0) is 44.4 Å². The van der Waals surface area contributed by atoms with Crippen molar-refractivity contribution >= 4 is 55.9 Å². The van der Waals surface area contributed by atoms with Gasteiger partial charge in [-0.15, -0.1) is 22.7 Å². The number of aromatic nitrogens is 4. The van der Waals surface area contributed by atoms with Crippen LogP contribution in [0.3, 0.4) is 0 Å². The zero-order chi connectivity index (χ0) is 35.5. The summed E-state index contributed by atoms with van der Waals surface area (Å²) in [5.74, 6) is -0.0938. The monoisotopic (exact) mass is 766 g/mol. The van der Waals surface area contributed by atoms with Gasteiger partial charge < -0.3 is 10.0 Å². The Morgan fingerprint density at radius 1 is 1.16 bits per heavy atom. The molecule has 0 aliphatic carbocycles. The number of halogens is 4. The van der Waals surface area contributed by atoms with Crippen LogP contribution in [0.25, 0.3) is 5.57 Å². The molecule has 2 fully saturated rings. The first-order chi connectivity index (χ1) is 23.8. The van der Waals surface area contributed by atoms with Crippen LogP contribution in [0.4, 0.5) is 13.2 Å². The second-order valence-electron chi connectivity index (χ2n) is 12.7. The van der Waals surface area contributed by atoms with Gasteiger partial charge in [-0.3, -0.25) is 4.99 Å². The van der Waals surface area contributed by atoms with Crippen LogP contribution in [0.5, 0.6) is 0 Å². The van der Waals surface area contributed by atoms with Crippen molar-refractivity contribution in [1.29, 1.82) is 0 Å². The molecule has 1 aromatic carbocycles. The molecule has 3 aliphatic rings. The number of aliphatic imine (C=N–C) groups is 1. The Labute approximate surface area is 300 Å². The fraction of sp³-hybridized carbons (Fsp3) is 0.438. The molecule has 266 valence electrons. The molecule has 1 unspecified atom stereocenters. The van der Waals surface area contributed by atoms with Crippen LogP contribution in [0, 0.1) is 5.82 Å². The summed E-state index contributed by atoms with van der Waals surface area (Å²) >= 11 is 9.28. The summed E-state index contributed by atoms with van der Waals surface area (Å²) in [7, 11) is -2.56. The number of amidine groups is 1. The Morgan fingerprint density at radius 3 is 2.56 bits per heavy atom. The maximum absolute atomic E-state index is 14.6. The fourth-order valence-electron chi connectivity index (χ4n) is 7.38. The van der Waals surface area contributed by atoms with Crippen LogP contribution in [0.15, 0.2) is 64.3 Å². The van der Waals surface area contributed by atoms with Gasteiger partial charge in [0.25, 0.3) is 10.2 Å². The standard InChI is InChI=1S/C32H34ClF3N8O3S3/c1-4-20-16-32(45,30-38-9-12-49-30)15-18(2)44(20)50(46,47)41(3)21-14-25-26(24-7-10-43(40-24)31(35)36)27(22-6-5-19(34)13-23(22)33)39-28(42(25)17-21)29-37-8-11-48-29/h5-13,18,20-21,27,31,45H,4,14-17H2,1-3H3/t18-,20?,21-,27-,32-/m0/s1. The predicted molar refractivity (Wildman–Crippen MR) is 186 cm³/mol. The molecule has 6 heterocycles. The van der Waals surface area contributed by atoms with Crippen molar-refractivity contribution in [3.05, 3.63) is 91.4 Å². The number of hydrogen-bond acceptors (Lipinski definition) is 10. The average Bonchev–Trinajstić information content (AvgIpc) is 3.90. The van der Waals surface area contributed by atoms with E-state index in [2.05, 4.69) is 15.1 Å². The predicted octanol–water partition coefficient (Wildman–Crippen LogP) is 6.30. The van der Waals surface area contributed by atoms with Crippen LogP contribution >= 0.6 is 34.3 Å². The maximum Gasteiger partial charge on any atom is 0.333 e. The summed E-state index contributed by atoms with van der Waals surface area (Å²) in [5, 5.41) is 20.6. The van der Waals surface area contributed by atoms with E-state index >= 15 is 0 Å². The van der Waals surface area contributed by atoms with E-state index in [9.17, 15) is 26.7 Å². The van der Waals surface area contributed by atoms with Gasteiger partial charge in [0.05, 0.1) is 5.69 Å². The maximum atomic E-state index is 14.6. The molecule has 18 heteroatoms. The van der Waals surface area contributed by atoms with Crippen LogP contribution in [-0.2, 0) is 15.8 Å². The molecule has 3 aliphatic heterocycles. The molecule has 3 aromatic heterocycles. The topological polar surface area (TPSA) is 120 Å². The minimum absolute atomic E-state index is 0.0914. The summed E-state index contributed by atoms with van der Waals surface area (Å²) in [6.45, 7) is 0.994. The van der Waals surface area contributed by atoms with Gasteiger partial charge in [0.1, 0.15) is 22.5 Å². The van der Waals surface area contributed by atoms with Crippen molar-refractivity contribution in [2.45, 2.75) is 75.8 Å². The molecular weight excluding hydrogens is 733 g/mol. The number of rotatable bonds is 9. The Balaban J connectivity index is 1.30. The SMILES string of the molecule is CCC1C[C@](O)(c2nccs2)C[C@H](C)N1S(=O)(=O)N(C)[C@H]1CC2=C(c3ccn(C(F)F)n3)[C@H](c3ccc(F)cc3Cl)N=C(c3nccs3)N2C1. The quantitative estimate of drug-likeness (QED) is 0.213. The molecule has 0 amide bonds. The van der Waals surface area contributed by atoms with Gasteiger partial charge >= 0.3 is 6.55 Å². The summed E-state index contributed by atoms with van der Waals surface area (Å²) < 4.78 is 74.3. The Kier molecular flexibility index (Phi) is 9.45. The van der Waals surface area contributed by atoms with Gasteiger partial charge in [0.15, 0.2) is 10.8 Å². The number of nitrogens with zero attached hydrogens (tertiary/aromatic N) is 8. The van der Waals surface area contributed by atoms with Gasteiger partial charge in [-0.2, -0.15) is 30.9 Å². The van der Waals surface area contributed by atoms with Crippen molar-refractivity contribution in [2.75, 3.05) is 13.6 Å². The molecular formula is C32H34ClF3N8O3S3. The molecule has 0 bridgehead atoms. The largest absolute Gasteiger partial charge is 0.383 e. The van der Waals surface area contributed by atoms with Crippen molar-refractivity contribution in [3.63, 3.8) is 0 Å². The molecule has 11 nitrogen and oxygen atoms in total. The first-order valence-corrected chi connectivity index (χ1v) is 19.5. The number of likely N-dealkylation sites (N-methyl/N-ethyl adjacent to an activating group) is 1. The summed E-state index contributed by atoms with van der Waals surface area (Å²) in [6.07, 6.45) is 5.48. The number of aliphatic hydroxyl groups is 1. The van der Waals surface area contributed by atoms with E-state index in [4.69, 9.17) is 16.6 Å². The van der Waals surface area contributed by atoms with E-state index in [1.807, 2.05) is 11.8 Å². The van der Waals surface area contributed by atoms with Gasteiger partial charge in [-0.25, -0.2) is 19.0 Å². The Hall–Kier alpha value is -3.19. The number of piperidine rings is 1. The van der Waals surface area contributed by atoms with Crippen LogP contribution < -0.4 is 0 Å². The molecule has 50 heavy (non-hydrogen) atoms. The number of alkyl halides is 2. The van der Waals surface area contributed by atoms with E-state index in [1.54, 1.807) is 37.1 Å². The van der Waals surface area contributed by atoms with Crippen LogP contribution in [-0.4, -0.2) is 84.3 Å². The van der Waals surface area contributed by atoms with E-state index in [1.165, 1.54) is 61.7 Å². The van der Waals surface area contributed by atoms with E-state index in [0.29, 0.717) is 43.8 Å². The van der Waals surface area contributed by atoms with E-state index in [-0.39, 0.29) is 36.5 Å². The number of thiazole rings is 2. The lowest BCUT2D eigenvalue weighted by atomic mass is 9.83. The first kappa shape index (κ1) is 35.2. The summed E-state index contributed by atoms with van der Waals surface area (Å²) in [6, 6.07) is 2.86. The fourth-order valence-corrected chi connectivity index (χ4v) is 11.0. The van der Waals surface area contributed by atoms with Crippen LogP contribution in [0.1, 0.15) is 73.4 Å². The molecule has 5 atom stereocenters. The highest BCUT2D eigenvalue weighted by molar-refractivity contribution is 7.86. The highest BCUT2D eigenvalue weighted by atomic mass is 35.5. The molecule has 4 aromatic rings. The number of fused-ring (bicyclic) bond motifs is 1. The minimum atomic E-state index is -4.10. The average molecular weight is 767 g/mol. The lowest BCUT2D eigenvalue weighted by Gasteiger charge is -2.47. The van der Waals surface area contributed by atoms with Gasteiger partial charge in [0, 0.05) is 89.3 Å².